The minimum atomic E-state index is 0. The van der Waals surface area contributed by atoms with E-state index in [1.807, 2.05) is 7.05 Å². The smallest absolute Gasteiger partial charge is 0.191 e. The summed E-state index contributed by atoms with van der Waals surface area (Å²) >= 11 is 1.76. The zero-order valence-corrected chi connectivity index (χ0v) is 18.4. The molecule has 0 bridgehead atoms. The van der Waals surface area contributed by atoms with Gasteiger partial charge in [0.2, 0.25) is 0 Å². The highest BCUT2D eigenvalue weighted by atomic mass is 127. The Morgan fingerprint density at radius 1 is 1.21 bits per heavy atom. The van der Waals surface area contributed by atoms with Crippen molar-refractivity contribution in [2.45, 2.75) is 25.8 Å². The molecule has 1 aromatic rings. The van der Waals surface area contributed by atoms with Crippen molar-refractivity contribution >= 4 is 41.3 Å². The zero-order chi connectivity index (χ0) is 16.7. The Morgan fingerprint density at radius 2 is 1.88 bits per heavy atom. The summed E-state index contributed by atoms with van der Waals surface area (Å²) < 4.78 is 0. The number of hydrogen-bond donors (Lipinski definition) is 2. The number of rotatable bonds is 6. The lowest BCUT2D eigenvalue weighted by molar-refractivity contribution is 0.120. The first-order chi connectivity index (χ1) is 11.1. The van der Waals surface area contributed by atoms with E-state index in [0.717, 1.165) is 45.2 Å². The first-order valence-corrected chi connectivity index (χ1v) is 9.43. The average Bonchev–Trinajstić information content (AvgIpc) is 3.09. The van der Waals surface area contributed by atoms with E-state index in [1.165, 1.54) is 5.56 Å². The Balaban J connectivity index is 0.00000288. The van der Waals surface area contributed by atoms with Crippen molar-refractivity contribution in [2.75, 3.05) is 53.4 Å². The van der Waals surface area contributed by atoms with Gasteiger partial charge in [-0.2, -0.15) is 11.3 Å². The molecule has 1 aromatic heterocycles. The van der Waals surface area contributed by atoms with Crippen LogP contribution in [-0.2, 0) is 0 Å². The third-order valence-corrected chi connectivity index (χ3v) is 5.34. The second-order valence-corrected chi connectivity index (χ2v) is 7.26. The van der Waals surface area contributed by atoms with E-state index >= 15 is 0 Å². The fourth-order valence-corrected chi connectivity index (χ4v) is 3.56. The van der Waals surface area contributed by atoms with Crippen molar-refractivity contribution in [1.82, 2.24) is 20.4 Å². The molecule has 138 valence electrons. The summed E-state index contributed by atoms with van der Waals surface area (Å²) in [5.41, 5.74) is 1.39. The molecule has 0 aromatic carbocycles. The molecule has 2 rings (SSSR count). The second-order valence-electron chi connectivity index (χ2n) is 6.48. The minimum Gasteiger partial charge on any atom is -0.356 e. The van der Waals surface area contributed by atoms with Crippen molar-refractivity contribution < 1.29 is 0 Å². The number of likely N-dealkylation sites (N-methyl/N-ethyl adjacent to an activating group) is 1. The summed E-state index contributed by atoms with van der Waals surface area (Å²) in [5.74, 6) is 1.39. The highest BCUT2D eigenvalue weighted by Crippen LogP contribution is 2.16. The van der Waals surface area contributed by atoms with E-state index in [1.54, 1.807) is 11.3 Å². The number of piperazine rings is 1. The predicted molar refractivity (Wildman–Crippen MR) is 116 cm³/mol. The molecule has 1 aliphatic heterocycles. The van der Waals surface area contributed by atoms with Gasteiger partial charge in [-0.1, -0.05) is 6.92 Å². The van der Waals surface area contributed by atoms with Gasteiger partial charge < -0.3 is 15.5 Å². The molecule has 0 radical (unpaired) electrons. The Kier molecular flexibility index (Phi) is 10.2. The van der Waals surface area contributed by atoms with Crippen LogP contribution in [0.3, 0.4) is 0 Å². The van der Waals surface area contributed by atoms with Crippen LogP contribution in [0.5, 0.6) is 0 Å². The first kappa shape index (κ1) is 21.7. The van der Waals surface area contributed by atoms with Crippen LogP contribution in [0.25, 0.3) is 0 Å². The number of guanidine groups is 1. The maximum atomic E-state index is 4.34. The molecule has 1 fully saturated rings. The monoisotopic (exact) mass is 465 g/mol. The predicted octanol–water partition coefficient (Wildman–Crippen LogP) is 2.27. The number of hydrogen-bond acceptors (Lipinski definition) is 4. The molecule has 0 spiro atoms. The summed E-state index contributed by atoms with van der Waals surface area (Å²) in [6, 6.07) is 2.72. The van der Waals surface area contributed by atoms with Gasteiger partial charge in [0.15, 0.2) is 5.96 Å². The molecule has 0 aliphatic carbocycles. The van der Waals surface area contributed by atoms with Crippen molar-refractivity contribution in [1.29, 1.82) is 0 Å². The van der Waals surface area contributed by atoms with Crippen LogP contribution < -0.4 is 10.6 Å². The molecule has 5 nitrogen and oxygen atoms in total. The van der Waals surface area contributed by atoms with Crippen molar-refractivity contribution in [2.24, 2.45) is 4.99 Å². The van der Waals surface area contributed by atoms with Gasteiger partial charge in [-0.15, -0.1) is 24.0 Å². The van der Waals surface area contributed by atoms with Crippen LogP contribution in [0.2, 0.25) is 0 Å². The van der Waals surface area contributed by atoms with Gasteiger partial charge in [0.25, 0.3) is 0 Å². The first-order valence-electron chi connectivity index (χ1n) is 8.49. The Labute approximate surface area is 167 Å². The summed E-state index contributed by atoms with van der Waals surface area (Å²) in [7, 11) is 4.03. The lowest BCUT2D eigenvalue weighted by atomic mass is 10.1. The SMILES string of the molecule is CN=C(NCC(C)c1ccsc1)NCC(C)N1CCN(C)CC1.I. The molecule has 2 heterocycles. The number of thiophene rings is 1. The van der Waals surface area contributed by atoms with Crippen LogP contribution in [0.1, 0.15) is 25.3 Å². The molecular weight excluding hydrogens is 433 g/mol. The van der Waals surface area contributed by atoms with Crippen LogP contribution in [-0.4, -0.2) is 75.2 Å². The van der Waals surface area contributed by atoms with Gasteiger partial charge >= 0.3 is 0 Å². The third kappa shape index (κ3) is 6.85. The molecule has 0 amide bonds. The highest BCUT2D eigenvalue weighted by Gasteiger charge is 2.19. The summed E-state index contributed by atoms with van der Waals surface area (Å²) in [4.78, 5) is 9.28. The maximum Gasteiger partial charge on any atom is 0.191 e. The quantitative estimate of drug-likeness (QED) is 0.385. The zero-order valence-electron chi connectivity index (χ0n) is 15.3. The number of nitrogens with one attached hydrogen (secondary N) is 2. The van der Waals surface area contributed by atoms with Crippen molar-refractivity contribution in [3.8, 4) is 0 Å². The third-order valence-electron chi connectivity index (χ3n) is 4.64. The number of nitrogens with zero attached hydrogens (tertiary/aromatic N) is 3. The standard InChI is InChI=1S/C17H31N5S.HI/c1-14(16-5-10-23-13-16)11-19-17(18-3)20-12-15(2)22-8-6-21(4)7-9-22;/h5,10,13-15H,6-9,11-12H2,1-4H3,(H2,18,19,20);1H. The van der Waals surface area contributed by atoms with Crippen molar-refractivity contribution in [3.05, 3.63) is 22.4 Å². The normalized spacial score (nSPS) is 19.4. The molecule has 24 heavy (non-hydrogen) atoms. The molecule has 0 saturated carbocycles. The minimum absolute atomic E-state index is 0. The van der Waals surface area contributed by atoms with Crippen LogP contribution in [0.15, 0.2) is 21.8 Å². The summed E-state index contributed by atoms with van der Waals surface area (Å²) in [6.45, 7) is 11.0. The van der Waals surface area contributed by atoms with Crippen LogP contribution in [0.4, 0.5) is 0 Å². The van der Waals surface area contributed by atoms with E-state index in [-0.39, 0.29) is 24.0 Å². The molecular formula is C17H32IN5S. The van der Waals surface area contributed by atoms with E-state index in [9.17, 15) is 0 Å². The van der Waals surface area contributed by atoms with Gasteiger partial charge in [0.05, 0.1) is 0 Å². The van der Waals surface area contributed by atoms with Crippen LogP contribution >= 0.6 is 35.3 Å². The van der Waals surface area contributed by atoms with Crippen LogP contribution in [0, 0.1) is 0 Å². The van der Waals surface area contributed by atoms with Crippen molar-refractivity contribution in [3.63, 3.8) is 0 Å². The topological polar surface area (TPSA) is 42.9 Å². The lowest BCUT2D eigenvalue weighted by Crippen LogP contribution is -2.52. The van der Waals surface area contributed by atoms with E-state index in [4.69, 9.17) is 0 Å². The number of halogens is 1. The van der Waals surface area contributed by atoms with Gasteiger partial charge in [-0.25, -0.2) is 0 Å². The van der Waals surface area contributed by atoms with Gasteiger partial charge in [-0.05, 0) is 42.3 Å². The maximum absolute atomic E-state index is 4.34. The van der Waals surface area contributed by atoms with E-state index < -0.39 is 0 Å². The molecule has 1 aliphatic rings. The lowest BCUT2D eigenvalue weighted by Gasteiger charge is -2.36. The van der Waals surface area contributed by atoms with E-state index in [0.29, 0.717) is 12.0 Å². The molecule has 2 atom stereocenters. The fourth-order valence-electron chi connectivity index (χ4n) is 2.78. The fraction of sp³-hybridized carbons (Fsp3) is 0.706. The molecule has 7 heteroatoms. The number of aliphatic imine (C=N–C) groups is 1. The molecule has 2 N–H and O–H groups in total. The second kappa shape index (κ2) is 11.3. The Bertz CT molecular complexity index is 471. The molecule has 1 saturated heterocycles. The largest absolute Gasteiger partial charge is 0.356 e. The Morgan fingerprint density at radius 3 is 2.46 bits per heavy atom. The van der Waals surface area contributed by atoms with Gasteiger partial charge in [0, 0.05) is 52.4 Å². The summed E-state index contributed by atoms with van der Waals surface area (Å²) in [6.07, 6.45) is 0. The Hall–Kier alpha value is -0.380. The summed E-state index contributed by atoms with van der Waals surface area (Å²) in [5, 5.41) is 11.3. The van der Waals surface area contributed by atoms with Gasteiger partial charge in [-0.3, -0.25) is 9.89 Å². The van der Waals surface area contributed by atoms with E-state index in [2.05, 4.69) is 63.1 Å². The average molecular weight is 465 g/mol. The van der Waals surface area contributed by atoms with Gasteiger partial charge in [0.1, 0.15) is 0 Å². The molecule has 2 unspecified atom stereocenters. The highest BCUT2D eigenvalue weighted by molar-refractivity contribution is 14.0.